The second kappa shape index (κ2) is 5.76. The lowest BCUT2D eigenvalue weighted by molar-refractivity contribution is -0.137. The van der Waals surface area contributed by atoms with Crippen LogP contribution in [0.5, 0.6) is 0 Å². The van der Waals surface area contributed by atoms with Crippen molar-refractivity contribution in [3.05, 3.63) is 29.6 Å². The minimum Gasteiger partial charge on any atom is -0.480 e. The predicted molar refractivity (Wildman–Crippen MR) is 62.0 cm³/mol. The Hall–Kier alpha value is -2.44. The van der Waals surface area contributed by atoms with Crippen molar-refractivity contribution in [1.82, 2.24) is 9.88 Å². The number of nitrogens with two attached hydrogens (primary N) is 1. The molecule has 0 aliphatic heterocycles. The number of carboxylic acid groups (broad SMARTS) is 1. The third-order valence-corrected chi connectivity index (χ3v) is 2.26. The van der Waals surface area contributed by atoms with Crippen LogP contribution in [0.2, 0.25) is 0 Å². The molecule has 0 aliphatic carbocycles. The van der Waals surface area contributed by atoms with Gasteiger partial charge in [0, 0.05) is 12.7 Å². The van der Waals surface area contributed by atoms with E-state index in [-0.39, 0.29) is 17.8 Å². The Balaban J connectivity index is 2.88. The molecule has 0 aromatic carbocycles. The standard InChI is InChI=1S/C11H13N3O4/c1-2-14(6-9(15)16)11(18)8-4-3-7(5-13-8)10(12)17/h3-5H,2,6H2,1H3,(H2,12,17)(H,15,16). The molecule has 7 heteroatoms. The molecule has 0 aliphatic rings. The molecule has 0 bridgehead atoms. The highest BCUT2D eigenvalue weighted by molar-refractivity contribution is 5.96. The fraction of sp³-hybridized carbons (Fsp3) is 0.273. The number of nitrogens with zero attached hydrogens (tertiary/aromatic N) is 2. The number of carbonyl (C=O) groups is 3. The average molecular weight is 251 g/mol. The average Bonchev–Trinajstić information content (AvgIpc) is 2.35. The third-order valence-electron chi connectivity index (χ3n) is 2.26. The first-order valence-electron chi connectivity index (χ1n) is 5.22. The normalized spacial score (nSPS) is 9.83. The van der Waals surface area contributed by atoms with E-state index in [1.54, 1.807) is 6.92 Å². The van der Waals surface area contributed by atoms with Crippen LogP contribution in [0.4, 0.5) is 0 Å². The number of rotatable bonds is 5. The number of aliphatic carboxylic acids is 1. The Morgan fingerprint density at radius 1 is 1.39 bits per heavy atom. The van der Waals surface area contributed by atoms with Crippen LogP contribution in [0, 0.1) is 0 Å². The van der Waals surface area contributed by atoms with Gasteiger partial charge in [-0.15, -0.1) is 0 Å². The largest absolute Gasteiger partial charge is 0.480 e. The summed E-state index contributed by atoms with van der Waals surface area (Å²) in [4.78, 5) is 38.2. The first-order valence-corrected chi connectivity index (χ1v) is 5.22. The van der Waals surface area contributed by atoms with E-state index in [9.17, 15) is 14.4 Å². The van der Waals surface area contributed by atoms with Crippen LogP contribution >= 0.6 is 0 Å². The SMILES string of the molecule is CCN(CC(=O)O)C(=O)c1ccc(C(N)=O)cn1. The number of likely N-dealkylation sites (N-methyl/N-ethyl adjacent to an activating group) is 1. The summed E-state index contributed by atoms with van der Waals surface area (Å²) in [6.45, 7) is 1.53. The Bertz CT molecular complexity index is 470. The zero-order chi connectivity index (χ0) is 13.7. The van der Waals surface area contributed by atoms with E-state index in [0.717, 1.165) is 4.90 Å². The molecule has 3 N–H and O–H groups in total. The number of hydrogen-bond acceptors (Lipinski definition) is 4. The van der Waals surface area contributed by atoms with E-state index in [1.165, 1.54) is 18.3 Å². The van der Waals surface area contributed by atoms with E-state index in [4.69, 9.17) is 10.8 Å². The molecule has 1 aromatic heterocycles. The number of carbonyl (C=O) groups excluding carboxylic acids is 2. The van der Waals surface area contributed by atoms with Crippen LogP contribution in [-0.2, 0) is 4.79 Å². The van der Waals surface area contributed by atoms with Crippen molar-refractivity contribution in [2.75, 3.05) is 13.1 Å². The van der Waals surface area contributed by atoms with Crippen LogP contribution in [-0.4, -0.2) is 45.9 Å². The summed E-state index contributed by atoms with van der Waals surface area (Å²) >= 11 is 0. The van der Waals surface area contributed by atoms with E-state index in [0.29, 0.717) is 0 Å². The lowest BCUT2D eigenvalue weighted by Gasteiger charge is -2.17. The van der Waals surface area contributed by atoms with Crippen molar-refractivity contribution in [2.45, 2.75) is 6.92 Å². The highest BCUT2D eigenvalue weighted by Gasteiger charge is 2.18. The molecule has 0 unspecified atom stereocenters. The van der Waals surface area contributed by atoms with Gasteiger partial charge in [-0.3, -0.25) is 19.4 Å². The van der Waals surface area contributed by atoms with Gasteiger partial charge in [0.25, 0.3) is 5.91 Å². The summed E-state index contributed by atoms with van der Waals surface area (Å²) in [5, 5.41) is 8.65. The number of amides is 2. The Labute approximate surface area is 103 Å². The maximum Gasteiger partial charge on any atom is 0.323 e. The van der Waals surface area contributed by atoms with Crippen LogP contribution in [0.1, 0.15) is 27.8 Å². The van der Waals surface area contributed by atoms with E-state index < -0.39 is 24.3 Å². The Morgan fingerprint density at radius 2 is 2.06 bits per heavy atom. The first kappa shape index (κ1) is 13.6. The molecular weight excluding hydrogens is 238 g/mol. The van der Waals surface area contributed by atoms with Gasteiger partial charge < -0.3 is 15.7 Å². The summed E-state index contributed by atoms with van der Waals surface area (Å²) in [5.74, 6) is -2.24. The summed E-state index contributed by atoms with van der Waals surface area (Å²) in [6, 6.07) is 2.71. The van der Waals surface area contributed by atoms with Crippen molar-refractivity contribution < 1.29 is 19.5 Å². The van der Waals surface area contributed by atoms with Gasteiger partial charge >= 0.3 is 5.97 Å². The maximum absolute atomic E-state index is 11.9. The topological polar surface area (TPSA) is 114 Å². The molecule has 2 amide bonds. The fourth-order valence-electron chi connectivity index (χ4n) is 1.32. The molecule has 0 spiro atoms. The molecule has 0 fully saturated rings. The van der Waals surface area contributed by atoms with Crippen molar-refractivity contribution >= 4 is 17.8 Å². The van der Waals surface area contributed by atoms with Gasteiger partial charge in [0.1, 0.15) is 12.2 Å². The van der Waals surface area contributed by atoms with E-state index in [1.807, 2.05) is 0 Å². The molecule has 1 rings (SSSR count). The number of pyridine rings is 1. The molecule has 0 radical (unpaired) electrons. The molecule has 18 heavy (non-hydrogen) atoms. The monoisotopic (exact) mass is 251 g/mol. The molecular formula is C11H13N3O4. The molecule has 0 saturated carbocycles. The van der Waals surface area contributed by atoms with Gasteiger partial charge in [-0.05, 0) is 19.1 Å². The minimum atomic E-state index is -1.10. The number of primary amides is 1. The fourth-order valence-corrected chi connectivity index (χ4v) is 1.32. The van der Waals surface area contributed by atoms with Crippen LogP contribution in [0.3, 0.4) is 0 Å². The van der Waals surface area contributed by atoms with Gasteiger partial charge in [-0.2, -0.15) is 0 Å². The second-order valence-electron chi connectivity index (χ2n) is 3.51. The van der Waals surface area contributed by atoms with Gasteiger partial charge in [-0.25, -0.2) is 0 Å². The molecule has 1 aromatic rings. The smallest absolute Gasteiger partial charge is 0.323 e. The van der Waals surface area contributed by atoms with Gasteiger partial charge in [0.2, 0.25) is 5.91 Å². The molecule has 7 nitrogen and oxygen atoms in total. The van der Waals surface area contributed by atoms with Crippen molar-refractivity contribution in [2.24, 2.45) is 5.73 Å². The van der Waals surface area contributed by atoms with Gasteiger partial charge in [0.15, 0.2) is 0 Å². The van der Waals surface area contributed by atoms with E-state index in [2.05, 4.69) is 4.98 Å². The molecule has 96 valence electrons. The number of carboxylic acids is 1. The van der Waals surface area contributed by atoms with E-state index >= 15 is 0 Å². The van der Waals surface area contributed by atoms with Gasteiger partial charge in [0.05, 0.1) is 5.56 Å². The number of aromatic nitrogens is 1. The quantitative estimate of drug-likeness (QED) is 0.747. The zero-order valence-corrected chi connectivity index (χ0v) is 9.79. The maximum atomic E-state index is 11.9. The molecule has 0 atom stereocenters. The van der Waals surface area contributed by atoms with Crippen LogP contribution in [0.25, 0.3) is 0 Å². The van der Waals surface area contributed by atoms with Crippen LogP contribution < -0.4 is 5.73 Å². The third kappa shape index (κ3) is 3.27. The van der Waals surface area contributed by atoms with Crippen molar-refractivity contribution in [3.8, 4) is 0 Å². The van der Waals surface area contributed by atoms with Crippen molar-refractivity contribution in [3.63, 3.8) is 0 Å². The lowest BCUT2D eigenvalue weighted by atomic mass is 10.2. The Morgan fingerprint density at radius 3 is 2.44 bits per heavy atom. The second-order valence-corrected chi connectivity index (χ2v) is 3.51. The molecule has 0 saturated heterocycles. The minimum absolute atomic E-state index is 0.0723. The summed E-state index contributed by atoms with van der Waals surface area (Å²) < 4.78 is 0. The summed E-state index contributed by atoms with van der Waals surface area (Å²) in [5.41, 5.74) is 5.30. The first-order chi connectivity index (χ1) is 8.45. The highest BCUT2D eigenvalue weighted by Crippen LogP contribution is 2.04. The number of hydrogen-bond donors (Lipinski definition) is 2. The van der Waals surface area contributed by atoms with Gasteiger partial charge in [-0.1, -0.05) is 0 Å². The molecule has 1 heterocycles. The summed E-state index contributed by atoms with van der Waals surface area (Å²) in [6.07, 6.45) is 1.18. The summed E-state index contributed by atoms with van der Waals surface area (Å²) in [7, 11) is 0. The lowest BCUT2D eigenvalue weighted by Crippen LogP contribution is -2.35. The Kier molecular flexibility index (Phi) is 4.36. The predicted octanol–water partition coefficient (Wildman–Crippen LogP) is -0.273. The van der Waals surface area contributed by atoms with Crippen LogP contribution in [0.15, 0.2) is 18.3 Å². The van der Waals surface area contributed by atoms with Crippen molar-refractivity contribution in [1.29, 1.82) is 0 Å². The highest BCUT2D eigenvalue weighted by atomic mass is 16.4. The zero-order valence-electron chi connectivity index (χ0n) is 9.79.